The van der Waals surface area contributed by atoms with Crippen molar-refractivity contribution in [3.8, 4) is 11.5 Å². The zero-order valence-electron chi connectivity index (χ0n) is 15.0. The van der Waals surface area contributed by atoms with Gasteiger partial charge in [0.1, 0.15) is 5.82 Å². The van der Waals surface area contributed by atoms with Gasteiger partial charge in [-0.3, -0.25) is 9.59 Å². The minimum Gasteiger partial charge on any atom is -0.493 e. The van der Waals surface area contributed by atoms with Crippen molar-refractivity contribution in [1.29, 1.82) is 0 Å². The number of carbonyl (C=O) groups is 2. The lowest BCUT2D eigenvalue weighted by Crippen LogP contribution is -2.35. The number of benzene rings is 2. The summed E-state index contributed by atoms with van der Waals surface area (Å²) in [5, 5.41) is 4.86. The molecule has 2 aromatic carbocycles. The highest BCUT2D eigenvalue weighted by Gasteiger charge is 2.16. The molecule has 0 aliphatic carbocycles. The van der Waals surface area contributed by atoms with Crippen LogP contribution in [0.25, 0.3) is 0 Å². The second-order valence-corrected chi connectivity index (χ2v) is 6.03. The van der Waals surface area contributed by atoms with Crippen molar-refractivity contribution in [2.24, 2.45) is 0 Å². The van der Waals surface area contributed by atoms with E-state index in [1.54, 1.807) is 18.2 Å². The largest absolute Gasteiger partial charge is 0.493 e. The van der Waals surface area contributed by atoms with E-state index in [2.05, 4.69) is 10.6 Å². The van der Waals surface area contributed by atoms with Crippen molar-refractivity contribution in [3.63, 3.8) is 0 Å². The van der Waals surface area contributed by atoms with E-state index in [0.29, 0.717) is 18.1 Å². The van der Waals surface area contributed by atoms with Crippen molar-refractivity contribution in [3.05, 3.63) is 52.8 Å². The Bertz CT molecular complexity index is 829. The summed E-state index contributed by atoms with van der Waals surface area (Å²) in [6.07, 6.45) is 0.865. The highest BCUT2D eigenvalue weighted by molar-refractivity contribution is 6.39. The summed E-state index contributed by atoms with van der Waals surface area (Å²) >= 11 is 5.65. The second-order valence-electron chi connectivity index (χ2n) is 5.59. The van der Waals surface area contributed by atoms with E-state index < -0.39 is 17.6 Å². The van der Waals surface area contributed by atoms with E-state index in [1.807, 2.05) is 6.92 Å². The highest BCUT2D eigenvalue weighted by atomic mass is 35.5. The van der Waals surface area contributed by atoms with Crippen LogP contribution in [-0.2, 0) is 16.1 Å². The first-order valence-corrected chi connectivity index (χ1v) is 8.66. The van der Waals surface area contributed by atoms with Crippen molar-refractivity contribution >= 4 is 29.1 Å². The standard InChI is InChI=1S/C19H20ClFN2O4/c1-3-8-27-16-7-4-12(9-17(16)26-2)11-22-18(24)19(25)23-15-6-5-13(20)10-14(15)21/h4-7,9-10H,3,8,11H2,1-2H3,(H,22,24)(H,23,25). The molecule has 0 radical (unpaired) electrons. The van der Waals surface area contributed by atoms with Crippen LogP contribution in [0.2, 0.25) is 5.02 Å². The predicted octanol–water partition coefficient (Wildman–Crippen LogP) is 3.53. The normalized spacial score (nSPS) is 10.2. The summed E-state index contributed by atoms with van der Waals surface area (Å²) < 4.78 is 24.5. The van der Waals surface area contributed by atoms with E-state index >= 15 is 0 Å². The van der Waals surface area contributed by atoms with Gasteiger partial charge in [-0.05, 0) is 42.3 Å². The Morgan fingerprint density at radius 1 is 1.11 bits per heavy atom. The number of hydrogen-bond acceptors (Lipinski definition) is 4. The molecule has 6 nitrogen and oxygen atoms in total. The molecule has 0 aliphatic heterocycles. The van der Waals surface area contributed by atoms with E-state index in [4.69, 9.17) is 21.1 Å². The van der Waals surface area contributed by atoms with Crippen molar-refractivity contribution in [1.82, 2.24) is 5.32 Å². The summed E-state index contributed by atoms with van der Waals surface area (Å²) in [4.78, 5) is 23.8. The molecule has 8 heteroatoms. The van der Waals surface area contributed by atoms with Crippen LogP contribution in [0.5, 0.6) is 11.5 Å². The molecular weight excluding hydrogens is 375 g/mol. The first-order valence-electron chi connectivity index (χ1n) is 8.28. The Balaban J connectivity index is 1.95. The minimum atomic E-state index is -0.980. The topological polar surface area (TPSA) is 76.7 Å². The van der Waals surface area contributed by atoms with Crippen LogP contribution in [0.15, 0.2) is 36.4 Å². The molecule has 0 bridgehead atoms. The number of anilines is 1. The van der Waals surface area contributed by atoms with Crippen LogP contribution in [-0.4, -0.2) is 25.5 Å². The molecule has 2 N–H and O–H groups in total. The van der Waals surface area contributed by atoms with Crippen LogP contribution in [0.4, 0.5) is 10.1 Å². The first-order chi connectivity index (χ1) is 12.9. The van der Waals surface area contributed by atoms with Crippen LogP contribution >= 0.6 is 11.6 Å². The van der Waals surface area contributed by atoms with Crippen molar-refractivity contribution in [2.75, 3.05) is 19.0 Å². The molecule has 0 spiro atoms. The third-order valence-corrected chi connectivity index (χ3v) is 3.76. The van der Waals surface area contributed by atoms with Gasteiger partial charge in [-0.2, -0.15) is 0 Å². The van der Waals surface area contributed by atoms with Crippen LogP contribution in [0.1, 0.15) is 18.9 Å². The molecule has 2 rings (SSSR count). The monoisotopic (exact) mass is 394 g/mol. The van der Waals surface area contributed by atoms with Gasteiger partial charge in [0.25, 0.3) is 0 Å². The molecule has 2 amide bonds. The molecule has 0 heterocycles. The summed E-state index contributed by atoms with van der Waals surface area (Å²) in [5.41, 5.74) is 0.591. The maximum absolute atomic E-state index is 13.7. The number of halogens is 2. The van der Waals surface area contributed by atoms with E-state index in [-0.39, 0.29) is 17.3 Å². The number of carbonyl (C=O) groups excluding carboxylic acids is 2. The van der Waals surface area contributed by atoms with Crippen molar-refractivity contribution in [2.45, 2.75) is 19.9 Å². The number of nitrogens with one attached hydrogen (secondary N) is 2. The van der Waals surface area contributed by atoms with Gasteiger partial charge in [-0.25, -0.2) is 4.39 Å². The lowest BCUT2D eigenvalue weighted by molar-refractivity contribution is -0.136. The molecule has 144 valence electrons. The smallest absolute Gasteiger partial charge is 0.313 e. The number of hydrogen-bond donors (Lipinski definition) is 2. The van der Waals surface area contributed by atoms with Crippen LogP contribution in [0, 0.1) is 5.82 Å². The highest BCUT2D eigenvalue weighted by Crippen LogP contribution is 2.28. The lowest BCUT2D eigenvalue weighted by atomic mass is 10.2. The molecule has 0 saturated carbocycles. The van der Waals surface area contributed by atoms with Crippen molar-refractivity contribution < 1.29 is 23.5 Å². The van der Waals surface area contributed by atoms with E-state index in [9.17, 15) is 14.0 Å². The molecular formula is C19H20ClFN2O4. The van der Waals surface area contributed by atoms with Gasteiger partial charge in [0.2, 0.25) is 0 Å². The summed E-state index contributed by atoms with van der Waals surface area (Å²) in [6.45, 7) is 2.66. The molecule has 0 aliphatic rings. The average molecular weight is 395 g/mol. The molecule has 0 fully saturated rings. The van der Waals surface area contributed by atoms with Gasteiger partial charge in [0, 0.05) is 11.6 Å². The lowest BCUT2D eigenvalue weighted by Gasteiger charge is -2.12. The van der Waals surface area contributed by atoms with Gasteiger partial charge in [-0.15, -0.1) is 0 Å². The maximum atomic E-state index is 13.7. The minimum absolute atomic E-state index is 0.0970. The second kappa shape index (κ2) is 9.78. The molecule has 0 unspecified atom stereocenters. The molecule has 2 aromatic rings. The molecule has 27 heavy (non-hydrogen) atoms. The summed E-state index contributed by atoms with van der Waals surface area (Å²) in [5.74, 6) is -1.47. The van der Waals surface area contributed by atoms with Gasteiger partial charge in [0.15, 0.2) is 11.5 Å². The molecule has 0 saturated heterocycles. The van der Waals surface area contributed by atoms with Gasteiger partial charge in [-0.1, -0.05) is 24.6 Å². The number of rotatable bonds is 7. The van der Waals surface area contributed by atoms with Crippen LogP contribution < -0.4 is 20.1 Å². The Morgan fingerprint density at radius 3 is 2.56 bits per heavy atom. The number of ether oxygens (including phenoxy) is 2. The molecule has 0 aromatic heterocycles. The maximum Gasteiger partial charge on any atom is 0.313 e. The SMILES string of the molecule is CCCOc1ccc(CNC(=O)C(=O)Nc2ccc(Cl)cc2F)cc1OC. The zero-order valence-corrected chi connectivity index (χ0v) is 15.7. The zero-order chi connectivity index (χ0) is 19.8. The quantitative estimate of drug-likeness (QED) is 0.704. The summed E-state index contributed by atoms with van der Waals surface area (Å²) in [6, 6.07) is 8.94. The van der Waals surface area contributed by atoms with Gasteiger partial charge >= 0.3 is 11.8 Å². The first kappa shape index (κ1) is 20.5. The third kappa shape index (κ3) is 5.86. The fraction of sp³-hybridized carbons (Fsp3) is 0.263. The number of methoxy groups -OCH3 is 1. The Kier molecular flexibility index (Phi) is 7.43. The van der Waals surface area contributed by atoms with E-state index in [0.717, 1.165) is 18.1 Å². The molecule has 0 atom stereocenters. The Labute approximate surface area is 161 Å². The summed E-state index contributed by atoms with van der Waals surface area (Å²) in [7, 11) is 1.52. The van der Waals surface area contributed by atoms with Gasteiger partial charge < -0.3 is 20.1 Å². The fourth-order valence-electron chi connectivity index (χ4n) is 2.19. The Morgan fingerprint density at radius 2 is 1.89 bits per heavy atom. The third-order valence-electron chi connectivity index (χ3n) is 3.53. The van der Waals surface area contributed by atoms with Gasteiger partial charge in [0.05, 0.1) is 19.4 Å². The fourth-order valence-corrected chi connectivity index (χ4v) is 2.34. The average Bonchev–Trinajstić information content (AvgIpc) is 2.66. The Hall–Kier alpha value is -2.80. The van der Waals surface area contributed by atoms with Crippen LogP contribution in [0.3, 0.4) is 0 Å². The van der Waals surface area contributed by atoms with E-state index in [1.165, 1.54) is 19.2 Å². The number of amides is 2. The predicted molar refractivity (Wildman–Crippen MR) is 101 cm³/mol.